The molecule has 0 aliphatic heterocycles. The van der Waals surface area contributed by atoms with E-state index in [1.54, 1.807) is 0 Å². The van der Waals surface area contributed by atoms with E-state index in [2.05, 4.69) is 9.47 Å². The third-order valence-electron chi connectivity index (χ3n) is 3.03. The number of nitriles is 1. The first kappa shape index (κ1) is 22.3. The molecule has 11 heteroatoms. The zero-order valence-corrected chi connectivity index (χ0v) is 13.5. The quantitative estimate of drug-likeness (QED) is 0.429. The van der Waals surface area contributed by atoms with E-state index in [0.29, 0.717) is 0 Å². The molecular weight excluding hydrogens is 390 g/mol. The van der Waals surface area contributed by atoms with Crippen molar-refractivity contribution in [2.24, 2.45) is 0 Å². The number of halogens is 8. The van der Waals surface area contributed by atoms with E-state index in [1.165, 1.54) is 0 Å². The van der Waals surface area contributed by atoms with Gasteiger partial charge in [0.15, 0.2) is 52.8 Å². The fourth-order valence-electron chi connectivity index (χ4n) is 1.80. The maximum atomic E-state index is 13.1. The number of rotatable bonds is 3. The Morgan fingerprint density at radius 1 is 0.704 bits per heavy atom. The number of hydrogen-bond donors (Lipinski definition) is 0. The zero-order chi connectivity index (χ0) is 20.9. The van der Waals surface area contributed by atoms with Crippen molar-refractivity contribution in [2.75, 3.05) is 14.2 Å². The molecule has 0 saturated carbocycles. The van der Waals surface area contributed by atoms with Crippen molar-refractivity contribution in [1.82, 2.24) is 0 Å². The Hall–Kier alpha value is -2.71. The van der Waals surface area contributed by atoms with Gasteiger partial charge in [0.1, 0.15) is 11.6 Å². The third kappa shape index (κ3) is 4.72. The minimum atomic E-state index is -1.67. The minimum absolute atomic E-state index is 0.0471. The second kappa shape index (κ2) is 9.29. The second-order valence-corrected chi connectivity index (χ2v) is 4.64. The van der Waals surface area contributed by atoms with Crippen molar-refractivity contribution in [3.05, 3.63) is 69.8 Å². The molecule has 3 nitrogen and oxygen atoms in total. The summed E-state index contributed by atoms with van der Waals surface area (Å²) in [6.07, 6.45) is -1.49. The smallest absolute Gasteiger partial charge is 0.189 e. The number of hydrogen-bond acceptors (Lipinski definition) is 3. The van der Waals surface area contributed by atoms with E-state index in [4.69, 9.17) is 5.26 Å². The van der Waals surface area contributed by atoms with Crippen LogP contribution in [0, 0.1) is 57.9 Å². The van der Waals surface area contributed by atoms with Crippen molar-refractivity contribution in [3.8, 4) is 6.07 Å². The van der Waals surface area contributed by atoms with Crippen molar-refractivity contribution in [3.63, 3.8) is 0 Å². The molecule has 2 rings (SSSR count). The summed E-state index contributed by atoms with van der Waals surface area (Å²) in [5, 5.41) is 8.08. The summed E-state index contributed by atoms with van der Waals surface area (Å²) in [5.41, 5.74) is -2.16. The lowest BCUT2D eigenvalue weighted by atomic mass is 10.1. The van der Waals surface area contributed by atoms with Gasteiger partial charge in [-0.3, -0.25) is 0 Å². The first-order valence-electron chi connectivity index (χ1n) is 6.72. The molecule has 0 heterocycles. The fraction of sp³-hybridized carbons (Fsp3) is 0.188. The Labute approximate surface area is 147 Å². The summed E-state index contributed by atoms with van der Waals surface area (Å²) in [5.74, 6) is -12.5. The molecule has 0 atom stereocenters. The lowest BCUT2D eigenvalue weighted by Crippen LogP contribution is -2.12. The molecule has 0 radical (unpaired) electrons. The predicted molar refractivity (Wildman–Crippen MR) is 74.0 cm³/mol. The fourth-order valence-corrected chi connectivity index (χ4v) is 1.80. The van der Waals surface area contributed by atoms with Gasteiger partial charge in [-0.15, -0.1) is 0 Å². The van der Waals surface area contributed by atoms with E-state index in [9.17, 15) is 35.1 Å². The van der Waals surface area contributed by atoms with Crippen LogP contribution in [0.5, 0.6) is 0 Å². The molecule has 0 aliphatic carbocycles. The predicted octanol–water partition coefficient (Wildman–Crippen LogP) is 4.65. The molecule has 146 valence electrons. The largest absolute Gasteiger partial charge is 0.351 e. The van der Waals surface area contributed by atoms with Crippen LogP contribution < -0.4 is 0 Å². The summed E-state index contributed by atoms with van der Waals surface area (Å²) >= 11 is 0. The molecule has 0 aromatic heterocycles. The molecule has 0 unspecified atom stereocenters. The third-order valence-corrected chi connectivity index (χ3v) is 3.03. The van der Waals surface area contributed by atoms with Gasteiger partial charge in [0, 0.05) is 26.4 Å². The van der Waals surface area contributed by atoms with Gasteiger partial charge in [0.2, 0.25) is 0 Å². The molecule has 2 aromatic rings. The van der Waals surface area contributed by atoms with E-state index in [0.717, 1.165) is 20.3 Å². The number of nitrogens with zero attached hydrogens (tertiary/aromatic N) is 1. The molecule has 0 saturated heterocycles. The van der Waals surface area contributed by atoms with Crippen LogP contribution in [0.1, 0.15) is 17.4 Å². The highest BCUT2D eigenvalue weighted by Crippen LogP contribution is 2.27. The molecule has 0 N–H and O–H groups in total. The minimum Gasteiger partial charge on any atom is -0.351 e. The van der Waals surface area contributed by atoms with Crippen LogP contribution in [-0.2, 0) is 9.47 Å². The topological polar surface area (TPSA) is 42.2 Å². The molecule has 0 bridgehead atoms. The molecule has 27 heavy (non-hydrogen) atoms. The molecule has 0 spiro atoms. The average Bonchev–Trinajstić information content (AvgIpc) is 2.63. The van der Waals surface area contributed by atoms with Crippen molar-refractivity contribution >= 4 is 0 Å². The second-order valence-electron chi connectivity index (χ2n) is 4.64. The monoisotopic (exact) mass is 399 g/mol. The van der Waals surface area contributed by atoms with Crippen molar-refractivity contribution in [1.29, 1.82) is 5.26 Å². The van der Waals surface area contributed by atoms with Crippen LogP contribution in [0.15, 0.2) is 12.1 Å². The zero-order valence-electron chi connectivity index (χ0n) is 13.5. The van der Waals surface area contributed by atoms with Gasteiger partial charge >= 0.3 is 0 Å². The molecular formula is C16H9F8NO2. The highest BCUT2D eigenvalue weighted by Gasteiger charge is 2.26. The van der Waals surface area contributed by atoms with Gasteiger partial charge < -0.3 is 9.47 Å². The summed E-state index contributed by atoms with van der Waals surface area (Å²) in [4.78, 5) is 0. The maximum Gasteiger partial charge on any atom is 0.189 e. The molecule has 2 aromatic carbocycles. The van der Waals surface area contributed by atoms with Gasteiger partial charge in [-0.25, -0.2) is 35.1 Å². The standard InChI is InChI=1S/C9H8F4O2.C7HF4N/c1-14-9(15-2)6-7(12)4(10)3-5(11)8(6)13;8-4-1-5(9)7(11)3(2-12)6(4)10/h3,9H,1-2H3;1H. The highest BCUT2D eigenvalue weighted by atomic mass is 19.2. The van der Waals surface area contributed by atoms with E-state index in [-0.39, 0.29) is 12.1 Å². The number of ether oxygens (including phenoxy) is 2. The van der Waals surface area contributed by atoms with Crippen LogP contribution in [0.4, 0.5) is 35.1 Å². The number of benzene rings is 2. The highest BCUT2D eigenvalue weighted by molar-refractivity contribution is 5.33. The molecule has 0 aliphatic rings. The summed E-state index contributed by atoms with van der Waals surface area (Å²) in [6, 6.07) is 1.18. The van der Waals surface area contributed by atoms with Gasteiger partial charge in [-0.1, -0.05) is 0 Å². The normalized spacial score (nSPS) is 10.4. The Morgan fingerprint density at radius 3 is 1.33 bits per heavy atom. The molecule has 0 fully saturated rings. The Balaban J connectivity index is 0.000000277. The van der Waals surface area contributed by atoms with Crippen LogP contribution >= 0.6 is 0 Å². The van der Waals surface area contributed by atoms with Gasteiger partial charge in [-0.2, -0.15) is 5.26 Å². The maximum absolute atomic E-state index is 13.1. The Kier molecular flexibility index (Phi) is 7.68. The molecule has 0 amide bonds. The van der Waals surface area contributed by atoms with E-state index in [1.807, 2.05) is 0 Å². The van der Waals surface area contributed by atoms with Gasteiger partial charge in [-0.05, 0) is 0 Å². The Morgan fingerprint density at radius 2 is 1.04 bits per heavy atom. The summed E-state index contributed by atoms with van der Waals surface area (Å²) in [7, 11) is 2.19. The first-order valence-corrected chi connectivity index (χ1v) is 6.72. The van der Waals surface area contributed by atoms with Crippen LogP contribution in [0.3, 0.4) is 0 Å². The SMILES string of the molecule is COC(OC)c1c(F)c(F)cc(F)c1F.N#Cc1c(F)c(F)cc(F)c1F. The van der Waals surface area contributed by atoms with Crippen molar-refractivity contribution in [2.45, 2.75) is 6.29 Å². The van der Waals surface area contributed by atoms with Crippen LogP contribution in [-0.4, -0.2) is 14.2 Å². The summed E-state index contributed by atoms with van der Waals surface area (Å²) < 4.78 is 110. The van der Waals surface area contributed by atoms with Crippen molar-refractivity contribution < 1.29 is 44.6 Å². The van der Waals surface area contributed by atoms with E-state index >= 15 is 0 Å². The van der Waals surface area contributed by atoms with Gasteiger partial charge in [0.05, 0.1) is 5.56 Å². The lowest BCUT2D eigenvalue weighted by Gasteiger charge is -2.15. The number of methoxy groups -OCH3 is 2. The average molecular weight is 399 g/mol. The Bertz CT molecular complexity index is 826. The van der Waals surface area contributed by atoms with E-state index < -0.39 is 64.0 Å². The van der Waals surface area contributed by atoms with Crippen LogP contribution in [0.2, 0.25) is 0 Å². The first-order chi connectivity index (χ1) is 12.6. The lowest BCUT2D eigenvalue weighted by molar-refractivity contribution is -0.110. The van der Waals surface area contributed by atoms with Crippen LogP contribution in [0.25, 0.3) is 0 Å². The van der Waals surface area contributed by atoms with Gasteiger partial charge in [0.25, 0.3) is 0 Å². The summed E-state index contributed by atoms with van der Waals surface area (Å²) in [6.45, 7) is 0.